The first-order chi connectivity index (χ1) is 33.5. The molecule has 0 saturated heterocycles. The number of hydrogen-bond donors (Lipinski definition) is 0. The van der Waals surface area contributed by atoms with Crippen LogP contribution in [-0.2, 0) is 16.2 Å². The SMILES string of the molecule is CC(C)(C)c1ccc2c(c1)C1(c3ccccc3-c3ccc(N(c4ccc(-c5ccccc5)cc4)c4ccccc4-c4ccc5oc6c7ccccc7ccc6c5c4)cc31)c1cc(C(C)(C)C)ccc1-2. The van der Waals surface area contributed by atoms with Crippen LogP contribution >= 0.6 is 0 Å². The van der Waals surface area contributed by atoms with Crippen LogP contribution in [0.1, 0.15) is 74.9 Å². The Kier molecular flexibility index (Phi) is 8.99. The number of hydrogen-bond acceptors (Lipinski definition) is 2. The third-order valence-corrected chi connectivity index (χ3v) is 15.2. The highest BCUT2D eigenvalue weighted by atomic mass is 16.3. The molecule has 2 aliphatic carbocycles. The third-order valence-electron chi connectivity index (χ3n) is 15.2. The lowest BCUT2D eigenvalue weighted by Crippen LogP contribution is -2.27. The van der Waals surface area contributed by atoms with Gasteiger partial charge in [-0.15, -0.1) is 0 Å². The molecule has 332 valence electrons. The summed E-state index contributed by atoms with van der Waals surface area (Å²) >= 11 is 0. The number of para-hydroxylation sites is 1. The molecule has 0 saturated carbocycles. The van der Waals surface area contributed by atoms with Gasteiger partial charge in [-0.2, -0.15) is 0 Å². The van der Waals surface area contributed by atoms with Crippen molar-refractivity contribution in [2.45, 2.75) is 57.8 Å². The van der Waals surface area contributed by atoms with Crippen LogP contribution in [0.3, 0.4) is 0 Å². The minimum absolute atomic E-state index is 0.0314. The lowest BCUT2D eigenvalue weighted by Gasteiger charge is -2.34. The summed E-state index contributed by atoms with van der Waals surface area (Å²) < 4.78 is 6.63. The molecule has 1 spiro atoms. The summed E-state index contributed by atoms with van der Waals surface area (Å²) in [6.07, 6.45) is 0. The van der Waals surface area contributed by atoms with Gasteiger partial charge in [0.15, 0.2) is 0 Å². The highest BCUT2D eigenvalue weighted by molar-refractivity contribution is 6.15. The maximum absolute atomic E-state index is 6.63. The smallest absolute Gasteiger partial charge is 0.143 e. The van der Waals surface area contributed by atoms with Crippen molar-refractivity contribution in [2.75, 3.05) is 4.90 Å². The average molecular weight is 888 g/mol. The van der Waals surface area contributed by atoms with Gasteiger partial charge in [-0.3, -0.25) is 0 Å². The molecule has 0 amide bonds. The van der Waals surface area contributed by atoms with Crippen molar-refractivity contribution in [3.8, 4) is 44.5 Å². The quantitative estimate of drug-likeness (QED) is 0.171. The van der Waals surface area contributed by atoms with Crippen LogP contribution in [0.15, 0.2) is 217 Å². The fourth-order valence-corrected chi connectivity index (χ4v) is 11.7. The van der Waals surface area contributed by atoms with Gasteiger partial charge in [0.25, 0.3) is 0 Å². The summed E-state index contributed by atoms with van der Waals surface area (Å²) in [5.74, 6) is 0. The molecule has 0 radical (unpaired) electrons. The topological polar surface area (TPSA) is 16.4 Å². The van der Waals surface area contributed by atoms with Crippen molar-refractivity contribution in [3.63, 3.8) is 0 Å². The largest absolute Gasteiger partial charge is 0.455 e. The van der Waals surface area contributed by atoms with E-state index in [-0.39, 0.29) is 10.8 Å². The Morgan fingerprint density at radius 3 is 1.62 bits per heavy atom. The maximum atomic E-state index is 6.63. The zero-order chi connectivity index (χ0) is 46.8. The number of fused-ring (bicyclic) bond motifs is 15. The molecule has 0 bridgehead atoms. The molecule has 0 fully saturated rings. The van der Waals surface area contributed by atoms with Crippen LogP contribution in [0.2, 0.25) is 0 Å². The summed E-state index contributed by atoms with van der Waals surface area (Å²) in [6.45, 7) is 14.0. The van der Waals surface area contributed by atoms with Gasteiger partial charge in [0.05, 0.1) is 11.1 Å². The van der Waals surface area contributed by atoms with Crippen LogP contribution in [0, 0.1) is 0 Å². The molecule has 10 aromatic carbocycles. The number of nitrogens with zero attached hydrogens (tertiary/aromatic N) is 1. The highest BCUT2D eigenvalue weighted by Crippen LogP contribution is 2.64. The summed E-state index contributed by atoms with van der Waals surface area (Å²) in [5, 5.41) is 4.55. The molecule has 13 rings (SSSR count). The van der Waals surface area contributed by atoms with Crippen molar-refractivity contribution in [3.05, 3.63) is 246 Å². The summed E-state index contributed by atoms with van der Waals surface area (Å²) in [5.41, 5.74) is 22.5. The van der Waals surface area contributed by atoms with Crippen molar-refractivity contribution in [2.24, 2.45) is 0 Å². The molecule has 11 aromatic rings. The lowest BCUT2D eigenvalue weighted by atomic mass is 9.68. The second kappa shape index (κ2) is 15.0. The molecule has 0 N–H and O–H groups in total. The molecule has 1 aromatic heterocycles. The van der Waals surface area contributed by atoms with E-state index in [4.69, 9.17) is 4.42 Å². The second-order valence-electron chi connectivity index (χ2n) is 21.3. The van der Waals surface area contributed by atoms with Gasteiger partial charge in [-0.05, 0) is 137 Å². The van der Waals surface area contributed by atoms with E-state index in [1.807, 2.05) is 0 Å². The first-order valence-corrected chi connectivity index (χ1v) is 24.4. The number of benzene rings is 10. The normalized spacial score (nSPS) is 13.5. The monoisotopic (exact) mass is 887 g/mol. The molecular formula is C67H53NO. The Balaban J connectivity index is 1.06. The molecule has 0 aliphatic heterocycles. The number of furan rings is 1. The van der Waals surface area contributed by atoms with Crippen molar-refractivity contribution >= 4 is 49.8 Å². The Bertz CT molecular complexity index is 3790. The number of rotatable bonds is 5. The Morgan fingerprint density at radius 1 is 0.362 bits per heavy atom. The lowest BCUT2D eigenvalue weighted by molar-refractivity contribution is 0.586. The summed E-state index contributed by atoms with van der Waals surface area (Å²) in [6, 6.07) is 79.4. The van der Waals surface area contributed by atoms with E-state index in [0.29, 0.717) is 0 Å². The summed E-state index contributed by atoms with van der Waals surface area (Å²) in [4.78, 5) is 2.49. The maximum Gasteiger partial charge on any atom is 0.143 e. The van der Waals surface area contributed by atoms with Gasteiger partial charge in [0.2, 0.25) is 0 Å². The predicted molar refractivity (Wildman–Crippen MR) is 290 cm³/mol. The Morgan fingerprint density at radius 2 is 0.913 bits per heavy atom. The van der Waals surface area contributed by atoms with E-state index in [1.54, 1.807) is 0 Å². The van der Waals surface area contributed by atoms with Gasteiger partial charge in [-0.1, -0.05) is 205 Å². The fraction of sp³-hybridized carbons (Fsp3) is 0.134. The summed E-state index contributed by atoms with van der Waals surface area (Å²) in [7, 11) is 0. The Hall–Kier alpha value is -7.94. The van der Waals surface area contributed by atoms with Crippen LogP contribution < -0.4 is 4.90 Å². The first kappa shape index (κ1) is 41.3. The van der Waals surface area contributed by atoms with Gasteiger partial charge in [0, 0.05) is 33.1 Å². The zero-order valence-electron chi connectivity index (χ0n) is 40.1. The first-order valence-electron chi connectivity index (χ1n) is 24.4. The molecule has 1 heterocycles. The van der Waals surface area contributed by atoms with Crippen LogP contribution in [-0.4, -0.2) is 0 Å². The minimum atomic E-state index is -0.533. The molecule has 2 nitrogen and oxygen atoms in total. The van der Waals surface area contributed by atoms with E-state index in [0.717, 1.165) is 55.5 Å². The van der Waals surface area contributed by atoms with Gasteiger partial charge >= 0.3 is 0 Å². The third kappa shape index (κ3) is 6.24. The average Bonchev–Trinajstić information content (AvgIpc) is 4.00. The van der Waals surface area contributed by atoms with Crippen molar-refractivity contribution in [1.29, 1.82) is 0 Å². The van der Waals surface area contributed by atoms with E-state index in [2.05, 4.69) is 259 Å². The molecule has 0 atom stereocenters. The van der Waals surface area contributed by atoms with Crippen LogP contribution in [0.25, 0.3) is 77.2 Å². The van der Waals surface area contributed by atoms with Crippen LogP contribution in [0.4, 0.5) is 17.1 Å². The van der Waals surface area contributed by atoms with Crippen LogP contribution in [0.5, 0.6) is 0 Å². The van der Waals surface area contributed by atoms with E-state index >= 15 is 0 Å². The molecule has 0 unspecified atom stereocenters. The Labute approximate surface area is 405 Å². The molecule has 2 heteroatoms. The predicted octanol–water partition coefficient (Wildman–Crippen LogP) is 18.5. The minimum Gasteiger partial charge on any atom is -0.455 e. The van der Waals surface area contributed by atoms with E-state index in [1.165, 1.54) is 72.1 Å². The number of anilines is 3. The van der Waals surface area contributed by atoms with Gasteiger partial charge < -0.3 is 9.32 Å². The van der Waals surface area contributed by atoms with E-state index < -0.39 is 5.41 Å². The highest BCUT2D eigenvalue weighted by Gasteiger charge is 2.52. The van der Waals surface area contributed by atoms with E-state index in [9.17, 15) is 0 Å². The standard InChI is InChI=1S/C67H53NO/c1-65(2,3)46-28-34-53-54-35-29-47(66(4,5)6)40-60(54)67(59(53)39-46)58-22-14-12-21-52(58)55-36-32-49(41-61(55)67)68(48-30-24-43(25-31-48)42-16-8-7-9-17-42)62-23-15-13-19-50(62)45-27-37-63-57(38-45)56-33-26-44-18-10-11-20-51(44)64(56)69-63/h7-41H,1-6H3. The fourth-order valence-electron chi connectivity index (χ4n) is 11.7. The van der Waals surface area contributed by atoms with Crippen molar-refractivity contribution < 1.29 is 4.42 Å². The van der Waals surface area contributed by atoms with Gasteiger partial charge in [0.1, 0.15) is 11.2 Å². The molecular weight excluding hydrogens is 835 g/mol. The molecule has 2 aliphatic rings. The van der Waals surface area contributed by atoms with Crippen molar-refractivity contribution in [1.82, 2.24) is 0 Å². The second-order valence-corrected chi connectivity index (χ2v) is 21.3. The van der Waals surface area contributed by atoms with Gasteiger partial charge in [-0.25, -0.2) is 0 Å². The zero-order valence-corrected chi connectivity index (χ0v) is 40.1. The molecule has 69 heavy (non-hydrogen) atoms.